The smallest absolute Gasteiger partial charge is 0.273 e. The van der Waals surface area contributed by atoms with Crippen LogP contribution in [-0.4, -0.2) is 24.2 Å². The first-order chi connectivity index (χ1) is 13.8. The van der Waals surface area contributed by atoms with Crippen LogP contribution >= 0.6 is 0 Å². The summed E-state index contributed by atoms with van der Waals surface area (Å²) in [4.78, 5) is 26.5. The Morgan fingerprint density at radius 1 is 1.03 bits per heavy atom. The van der Waals surface area contributed by atoms with Crippen LogP contribution < -0.4 is 10.0 Å². The fourth-order valence-corrected chi connectivity index (χ4v) is 3.98. The molecule has 0 aliphatic carbocycles. The van der Waals surface area contributed by atoms with Crippen molar-refractivity contribution >= 4 is 33.0 Å². The summed E-state index contributed by atoms with van der Waals surface area (Å²) < 4.78 is 27.8. The summed E-state index contributed by atoms with van der Waals surface area (Å²) in [6.45, 7) is 1.37. The third-order valence-electron chi connectivity index (χ3n) is 4.06. The van der Waals surface area contributed by atoms with Crippen molar-refractivity contribution in [2.24, 2.45) is 0 Å². The van der Waals surface area contributed by atoms with Crippen molar-refractivity contribution in [1.29, 1.82) is 0 Å². The van der Waals surface area contributed by atoms with Crippen LogP contribution in [0.4, 0.5) is 17.1 Å². The number of sulfonamides is 1. The predicted molar refractivity (Wildman–Crippen MR) is 107 cm³/mol. The summed E-state index contributed by atoms with van der Waals surface area (Å²) in [5, 5.41) is 13.7. The molecule has 9 nitrogen and oxygen atoms in total. The summed E-state index contributed by atoms with van der Waals surface area (Å²) in [6, 6.07) is 13.0. The van der Waals surface area contributed by atoms with Gasteiger partial charge in [0.1, 0.15) is 0 Å². The summed E-state index contributed by atoms with van der Waals surface area (Å²) in [5.74, 6) is -0.427. The molecule has 3 aromatic rings. The van der Waals surface area contributed by atoms with E-state index in [0.717, 1.165) is 0 Å². The third-order valence-corrected chi connectivity index (χ3v) is 5.58. The molecule has 0 saturated carbocycles. The minimum Gasteiger partial charge on any atom is -0.322 e. The van der Waals surface area contributed by atoms with Gasteiger partial charge >= 0.3 is 0 Å². The van der Waals surface area contributed by atoms with Crippen LogP contribution in [0.15, 0.2) is 71.9 Å². The number of benzene rings is 2. The molecule has 0 spiro atoms. The quantitative estimate of drug-likeness (QED) is 0.471. The van der Waals surface area contributed by atoms with E-state index in [4.69, 9.17) is 0 Å². The largest absolute Gasteiger partial charge is 0.322 e. The number of amides is 1. The van der Waals surface area contributed by atoms with Gasteiger partial charge in [0.2, 0.25) is 0 Å². The third kappa shape index (κ3) is 4.55. The van der Waals surface area contributed by atoms with Gasteiger partial charge in [-0.3, -0.25) is 24.6 Å². The van der Waals surface area contributed by atoms with Crippen molar-refractivity contribution in [3.63, 3.8) is 0 Å². The van der Waals surface area contributed by atoms with Crippen LogP contribution in [0.5, 0.6) is 0 Å². The maximum Gasteiger partial charge on any atom is 0.273 e. The van der Waals surface area contributed by atoms with Crippen LogP contribution in [0.25, 0.3) is 0 Å². The second-order valence-electron chi connectivity index (χ2n) is 6.03. The molecule has 0 atom stereocenters. The van der Waals surface area contributed by atoms with Crippen LogP contribution in [0.1, 0.15) is 15.9 Å². The molecule has 0 aliphatic heterocycles. The number of pyridine rings is 1. The topological polar surface area (TPSA) is 131 Å². The highest BCUT2D eigenvalue weighted by atomic mass is 32.2. The lowest BCUT2D eigenvalue weighted by Crippen LogP contribution is -2.16. The van der Waals surface area contributed by atoms with Crippen molar-refractivity contribution in [2.45, 2.75) is 11.8 Å². The number of nitro groups is 1. The van der Waals surface area contributed by atoms with Gasteiger partial charge in [-0.25, -0.2) is 8.42 Å². The zero-order valence-electron chi connectivity index (χ0n) is 15.2. The first kappa shape index (κ1) is 20.0. The fourth-order valence-electron chi connectivity index (χ4n) is 2.66. The minimum absolute atomic E-state index is 0.0246. The van der Waals surface area contributed by atoms with E-state index in [1.54, 1.807) is 12.1 Å². The lowest BCUT2D eigenvalue weighted by Gasteiger charge is -2.11. The van der Waals surface area contributed by atoms with Gasteiger partial charge in [0.15, 0.2) is 0 Å². The lowest BCUT2D eigenvalue weighted by molar-refractivity contribution is -0.385. The molecule has 0 fully saturated rings. The molecule has 2 N–H and O–H groups in total. The normalized spacial score (nSPS) is 10.9. The van der Waals surface area contributed by atoms with E-state index < -0.39 is 20.9 Å². The van der Waals surface area contributed by atoms with E-state index >= 15 is 0 Å². The van der Waals surface area contributed by atoms with Crippen LogP contribution in [-0.2, 0) is 10.0 Å². The molecule has 0 radical (unpaired) electrons. The van der Waals surface area contributed by atoms with Gasteiger partial charge in [0, 0.05) is 41.0 Å². The molecular formula is C19H16N4O5S. The number of hydrogen-bond acceptors (Lipinski definition) is 6. The molecule has 2 aromatic carbocycles. The molecule has 0 aliphatic rings. The Kier molecular flexibility index (Phi) is 5.55. The van der Waals surface area contributed by atoms with Gasteiger partial charge in [-0.2, -0.15) is 0 Å². The van der Waals surface area contributed by atoms with E-state index in [1.165, 1.54) is 61.8 Å². The maximum atomic E-state index is 12.7. The number of carbonyl (C=O) groups is 1. The number of carbonyl (C=O) groups excluding carboxylic acids is 1. The standard InChI is InChI=1S/C19H16N4O5S/c1-13-17(23(25)26)6-3-7-18(13)29(27,28)22-16-5-2-4-14(12-16)19(24)21-15-8-10-20-11-9-15/h2-12,22H,1H3,(H,20,21,24). The molecule has 0 saturated heterocycles. The number of nitro benzene ring substituents is 1. The maximum absolute atomic E-state index is 12.7. The van der Waals surface area contributed by atoms with Crippen molar-refractivity contribution in [2.75, 3.05) is 10.0 Å². The molecule has 1 aromatic heterocycles. The van der Waals surface area contributed by atoms with Gasteiger partial charge in [-0.15, -0.1) is 0 Å². The summed E-state index contributed by atoms with van der Waals surface area (Å²) in [5.41, 5.74) is 0.661. The zero-order chi connectivity index (χ0) is 21.0. The number of aromatic nitrogens is 1. The molecule has 1 amide bonds. The highest BCUT2D eigenvalue weighted by Crippen LogP contribution is 2.26. The minimum atomic E-state index is -4.10. The van der Waals surface area contributed by atoms with Gasteiger partial charge in [-0.05, 0) is 43.3 Å². The van der Waals surface area contributed by atoms with Crippen molar-refractivity contribution < 1.29 is 18.1 Å². The van der Waals surface area contributed by atoms with Gasteiger partial charge in [-0.1, -0.05) is 12.1 Å². The Bertz CT molecular complexity index is 1180. The summed E-state index contributed by atoms with van der Waals surface area (Å²) >= 11 is 0. The van der Waals surface area contributed by atoms with Crippen molar-refractivity contribution in [3.8, 4) is 0 Å². The molecular weight excluding hydrogens is 396 g/mol. The van der Waals surface area contributed by atoms with Crippen LogP contribution in [0, 0.1) is 17.0 Å². The first-order valence-corrected chi connectivity index (χ1v) is 9.84. The van der Waals surface area contributed by atoms with Crippen molar-refractivity contribution in [3.05, 3.63) is 88.2 Å². The fraction of sp³-hybridized carbons (Fsp3) is 0.0526. The SMILES string of the molecule is Cc1c([N+](=O)[O-])cccc1S(=O)(=O)Nc1cccc(C(=O)Nc2ccncc2)c1. The predicted octanol–water partition coefficient (Wildman–Crippen LogP) is 3.35. The van der Waals surface area contributed by atoms with E-state index in [0.29, 0.717) is 5.69 Å². The van der Waals surface area contributed by atoms with E-state index in [-0.39, 0.29) is 27.4 Å². The van der Waals surface area contributed by atoms with E-state index in [9.17, 15) is 23.3 Å². The second-order valence-corrected chi connectivity index (χ2v) is 7.68. The van der Waals surface area contributed by atoms with Gasteiger partial charge in [0.25, 0.3) is 21.6 Å². The lowest BCUT2D eigenvalue weighted by atomic mass is 10.2. The van der Waals surface area contributed by atoms with Gasteiger partial charge < -0.3 is 5.32 Å². The molecule has 3 rings (SSSR count). The van der Waals surface area contributed by atoms with E-state index in [2.05, 4.69) is 15.0 Å². The Balaban J connectivity index is 1.85. The first-order valence-electron chi connectivity index (χ1n) is 8.36. The average molecular weight is 412 g/mol. The van der Waals surface area contributed by atoms with E-state index in [1.807, 2.05) is 0 Å². The molecule has 0 bridgehead atoms. The number of anilines is 2. The molecule has 148 valence electrons. The average Bonchev–Trinajstić information content (AvgIpc) is 2.68. The van der Waals surface area contributed by atoms with Gasteiger partial charge in [0.05, 0.1) is 9.82 Å². The highest BCUT2D eigenvalue weighted by Gasteiger charge is 2.23. The Morgan fingerprint density at radius 3 is 2.41 bits per heavy atom. The number of nitrogens with one attached hydrogen (secondary N) is 2. The molecule has 0 unspecified atom stereocenters. The summed E-state index contributed by atoms with van der Waals surface area (Å²) in [6.07, 6.45) is 3.06. The Hall–Kier alpha value is -3.79. The second kappa shape index (κ2) is 8.07. The highest BCUT2D eigenvalue weighted by molar-refractivity contribution is 7.92. The number of nitrogens with zero attached hydrogens (tertiary/aromatic N) is 2. The summed E-state index contributed by atoms with van der Waals surface area (Å²) in [7, 11) is -4.10. The Morgan fingerprint density at radius 2 is 1.72 bits per heavy atom. The van der Waals surface area contributed by atoms with Crippen molar-refractivity contribution in [1.82, 2.24) is 4.98 Å². The molecule has 1 heterocycles. The number of hydrogen-bond donors (Lipinski definition) is 2. The Labute approximate surface area is 166 Å². The number of rotatable bonds is 6. The zero-order valence-corrected chi connectivity index (χ0v) is 16.0. The molecule has 10 heteroatoms. The monoisotopic (exact) mass is 412 g/mol. The van der Waals surface area contributed by atoms with Crippen LogP contribution in [0.3, 0.4) is 0 Å². The van der Waals surface area contributed by atoms with Crippen LogP contribution in [0.2, 0.25) is 0 Å². The molecule has 29 heavy (non-hydrogen) atoms.